The molecule has 0 spiro atoms. The van der Waals surface area contributed by atoms with Gasteiger partial charge in [0.05, 0.1) is 12.5 Å². The lowest BCUT2D eigenvalue weighted by Crippen LogP contribution is -2.53. The third-order valence-electron chi connectivity index (χ3n) is 5.34. The van der Waals surface area contributed by atoms with Crippen molar-refractivity contribution < 1.29 is 9.53 Å². The molecule has 0 bridgehead atoms. The zero-order valence-electron chi connectivity index (χ0n) is 17.0. The number of rotatable bonds is 11. The topological polar surface area (TPSA) is 41.6 Å². The summed E-state index contributed by atoms with van der Waals surface area (Å²) in [4.78, 5) is 14.5. The average molecular weight is 361 g/mol. The first-order valence-electron chi connectivity index (χ1n) is 10.2. The van der Waals surface area contributed by atoms with E-state index in [9.17, 15) is 4.79 Å². The highest BCUT2D eigenvalue weighted by Crippen LogP contribution is 2.21. The average Bonchev–Trinajstić information content (AvgIpc) is 2.59. The second kappa shape index (κ2) is 10.6. The first-order chi connectivity index (χ1) is 12.5. The van der Waals surface area contributed by atoms with Crippen LogP contribution in [0.25, 0.3) is 0 Å². The van der Waals surface area contributed by atoms with E-state index < -0.39 is 0 Å². The second-order valence-corrected chi connectivity index (χ2v) is 7.99. The summed E-state index contributed by atoms with van der Waals surface area (Å²) in [5, 5.41) is 3.12. The van der Waals surface area contributed by atoms with Crippen LogP contribution >= 0.6 is 0 Å². The number of nitrogens with one attached hydrogen (secondary N) is 1. The van der Waals surface area contributed by atoms with Crippen LogP contribution in [0.15, 0.2) is 24.3 Å². The zero-order chi connectivity index (χ0) is 18.9. The molecule has 146 valence electrons. The fraction of sp³-hybridized carbons (Fsp3) is 0.682. The van der Waals surface area contributed by atoms with Crippen molar-refractivity contribution in [1.82, 2.24) is 10.2 Å². The number of benzene rings is 1. The van der Waals surface area contributed by atoms with Crippen molar-refractivity contribution in [2.45, 2.75) is 53.5 Å². The van der Waals surface area contributed by atoms with Crippen LogP contribution in [-0.2, 0) is 11.3 Å². The Morgan fingerprint density at radius 2 is 1.85 bits per heavy atom. The molecule has 2 rings (SSSR count). The Bertz CT molecular complexity index is 532. The van der Waals surface area contributed by atoms with Gasteiger partial charge < -0.3 is 10.1 Å². The van der Waals surface area contributed by atoms with Gasteiger partial charge in [-0.05, 0) is 36.0 Å². The van der Waals surface area contributed by atoms with Crippen LogP contribution in [-0.4, -0.2) is 37.0 Å². The van der Waals surface area contributed by atoms with Gasteiger partial charge in [0, 0.05) is 26.2 Å². The molecule has 1 aromatic rings. The van der Waals surface area contributed by atoms with Crippen LogP contribution in [0.4, 0.5) is 0 Å². The van der Waals surface area contributed by atoms with Gasteiger partial charge in [0.1, 0.15) is 5.75 Å². The molecule has 1 heterocycles. The lowest BCUT2D eigenvalue weighted by atomic mass is 9.97. The maximum absolute atomic E-state index is 12.2. The van der Waals surface area contributed by atoms with E-state index in [0.717, 1.165) is 57.8 Å². The molecule has 1 N–H and O–H groups in total. The highest BCUT2D eigenvalue weighted by atomic mass is 16.5. The maximum atomic E-state index is 12.2. The molecule has 1 amide bonds. The molecule has 0 aliphatic carbocycles. The standard InChI is InChI=1S/C22H36N2O2/c1-5-18(6-2)13-23-22(25)20-15-24(16-20)14-19-7-9-21(10-8-19)26-12-11-17(3)4/h7-10,17-18,20H,5-6,11-16H2,1-4H3,(H,23,25). The lowest BCUT2D eigenvalue weighted by Gasteiger charge is -2.38. The molecule has 1 aromatic carbocycles. The number of likely N-dealkylation sites (tertiary alicyclic amines) is 1. The van der Waals surface area contributed by atoms with Crippen LogP contribution < -0.4 is 10.1 Å². The van der Waals surface area contributed by atoms with Crippen molar-refractivity contribution >= 4 is 5.91 Å². The number of hydrogen-bond donors (Lipinski definition) is 1. The number of ether oxygens (including phenoxy) is 1. The summed E-state index contributed by atoms with van der Waals surface area (Å²) in [5.41, 5.74) is 1.28. The molecule has 0 unspecified atom stereocenters. The monoisotopic (exact) mass is 360 g/mol. The molecule has 1 aliphatic rings. The van der Waals surface area contributed by atoms with Gasteiger partial charge in [0.2, 0.25) is 5.91 Å². The Balaban J connectivity index is 1.66. The van der Waals surface area contributed by atoms with Crippen LogP contribution in [0.2, 0.25) is 0 Å². The summed E-state index contributed by atoms with van der Waals surface area (Å²) in [5.74, 6) is 2.60. The van der Waals surface area contributed by atoms with Gasteiger partial charge in [-0.15, -0.1) is 0 Å². The predicted octanol–water partition coefficient (Wildman–Crippen LogP) is 4.10. The molecule has 0 atom stereocenters. The summed E-state index contributed by atoms with van der Waals surface area (Å²) in [7, 11) is 0. The number of carbonyl (C=O) groups is 1. The minimum Gasteiger partial charge on any atom is -0.494 e. The van der Waals surface area contributed by atoms with Crippen molar-refractivity contribution in [2.75, 3.05) is 26.2 Å². The number of hydrogen-bond acceptors (Lipinski definition) is 3. The van der Waals surface area contributed by atoms with Crippen molar-refractivity contribution in [3.05, 3.63) is 29.8 Å². The van der Waals surface area contributed by atoms with Crippen molar-refractivity contribution in [3.8, 4) is 5.75 Å². The van der Waals surface area contributed by atoms with Crippen LogP contribution in [0, 0.1) is 17.8 Å². The van der Waals surface area contributed by atoms with Gasteiger partial charge in [0.15, 0.2) is 0 Å². The molecule has 0 saturated carbocycles. The van der Waals surface area contributed by atoms with Crippen molar-refractivity contribution in [1.29, 1.82) is 0 Å². The molecule has 26 heavy (non-hydrogen) atoms. The fourth-order valence-corrected chi connectivity index (χ4v) is 3.19. The molecular weight excluding hydrogens is 324 g/mol. The normalized spacial score (nSPS) is 15.3. The third kappa shape index (κ3) is 6.64. The molecule has 0 radical (unpaired) electrons. The van der Waals surface area contributed by atoms with E-state index in [4.69, 9.17) is 4.74 Å². The quantitative estimate of drug-likeness (QED) is 0.646. The number of amides is 1. The van der Waals surface area contributed by atoms with Gasteiger partial charge in [-0.1, -0.05) is 52.7 Å². The third-order valence-corrected chi connectivity index (χ3v) is 5.34. The molecule has 0 aromatic heterocycles. The van der Waals surface area contributed by atoms with E-state index in [0.29, 0.717) is 11.8 Å². The largest absolute Gasteiger partial charge is 0.494 e. The van der Waals surface area contributed by atoms with Gasteiger partial charge in [-0.25, -0.2) is 0 Å². The first-order valence-corrected chi connectivity index (χ1v) is 10.2. The van der Waals surface area contributed by atoms with Gasteiger partial charge in [-0.3, -0.25) is 9.69 Å². The first kappa shape index (κ1) is 20.8. The van der Waals surface area contributed by atoms with Crippen molar-refractivity contribution in [2.24, 2.45) is 17.8 Å². The SMILES string of the molecule is CCC(CC)CNC(=O)C1CN(Cc2ccc(OCCC(C)C)cc2)C1. The summed E-state index contributed by atoms with van der Waals surface area (Å²) in [6.07, 6.45) is 3.34. The second-order valence-electron chi connectivity index (χ2n) is 7.99. The van der Waals surface area contributed by atoms with E-state index in [-0.39, 0.29) is 11.8 Å². The van der Waals surface area contributed by atoms with Gasteiger partial charge >= 0.3 is 0 Å². The van der Waals surface area contributed by atoms with Gasteiger partial charge in [0.25, 0.3) is 0 Å². The molecule has 1 fully saturated rings. The van der Waals surface area contributed by atoms with E-state index in [1.165, 1.54) is 5.56 Å². The van der Waals surface area contributed by atoms with Crippen LogP contribution in [0.3, 0.4) is 0 Å². The lowest BCUT2D eigenvalue weighted by molar-refractivity contribution is -0.130. The summed E-state index contributed by atoms with van der Waals surface area (Å²) in [6, 6.07) is 8.36. The fourth-order valence-electron chi connectivity index (χ4n) is 3.19. The highest BCUT2D eigenvalue weighted by Gasteiger charge is 2.32. The van der Waals surface area contributed by atoms with Gasteiger partial charge in [-0.2, -0.15) is 0 Å². The van der Waals surface area contributed by atoms with Crippen LogP contribution in [0.5, 0.6) is 5.75 Å². The Morgan fingerprint density at radius 3 is 2.42 bits per heavy atom. The van der Waals surface area contributed by atoms with E-state index >= 15 is 0 Å². The Kier molecular flexibility index (Phi) is 8.43. The van der Waals surface area contributed by atoms with E-state index in [1.54, 1.807) is 0 Å². The Morgan fingerprint density at radius 1 is 1.19 bits per heavy atom. The van der Waals surface area contributed by atoms with E-state index in [2.05, 4.69) is 62.2 Å². The molecule has 1 saturated heterocycles. The number of nitrogens with zero attached hydrogens (tertiary/aromatic N) is 1. The molecule has 4 heteroatoms. The summed E-state index contributed by atoms with van der Waals surface area (Å²) < 4.78 is 5.76. The molecular formula is C22H36N2O2. The maximum Gasteiger partial charge on any atom is 0.225 e. The minimum atomic E-state index is 0.156. The summed E-state index contributed by atoms with van der Waals surface area (Å²) >= 11 is 0. The number of carbonyl (C=O) groups excluding carboxylic acids is 1. The van der Waals surface area contributed by atoms with E-state index in [1.807, 2.05) is 0 Å². The van der Waals surface area contributed by atoms with Crippen molar-refractivity contribution in [3.63, 3.8) is 0 Å². The molecule has 4 nitrogen and oxygen atoms in total. The smallest absolute Gasteiger partial charge is 0.225 e. The zero-order valence-corrected chi connectivity index (χ0v) is 17.0. The Labute approximate surface area is 159 Å². The van der Waals surface area contributed by atoms with Crippen LogP contribution in [0.1, 0.15) is 52.5 Å². The molecule has 1 aliphatic heterocycles. The minimum absolute atomic E-state index is 0.156. The Hall–Kier alpha value is -1.55. The highest BCUT2D eigenvalue weighted by molar-refractivity contribution is 5.80. The summed E-state index contributed by atoms with van der Waals surface area (Å²) in [6.45, 7) is 13.0. The predicted molar refractivity (Wildman–Crippen MR) is 107 cm³/mol.